The second kappa shape index (κ2) is 3.28. The van der Waals surface area contributed by atoms with E-state index in [1.165, 1.54) is 0 Å². The van der Waals surface area contributed by atoms with Crippen LogP contribution in [0.15, 0.2) is 35.8 Å². The topological polar surface area (TPSA) is 40.5 Å². The molecule has 0 fully saturated rings. The molecule has 1 rings (SSSR count). The van der Waals surface area contributed by atoms with Gasteiger partial charge in [0.15, 0.2) is 5.76 Å². The van der Waals surface area contributed by atoms with Gasteiger partial charge < -0.3 is 10.2 Å². The molecule has 0 aromatic heterocycles. The zero-order valence-corrected chi connectivity index (χ0v) is 6.38. The third-order valence-electron chi connectivity index (χ3n) is 1.73. The molecule has 0 heterocycles. The first kappa shape index (κ1) is 7.92. The summed E-state index contributed by atoms with van der Waals surface area (Å²) < 4.78 is 0. The molecule has 2 heteroatoms. The molecule has 0 aromatic rings. The summed E-state index contributed by atoms with van der Waals surface area (Å²) in [6.45, 7) is 3.60. The minimum atomic E-state index is 0.00750. The molecule has 0 radical (unpaired) electrons. The van der Waals surface area contributed by atoms with Crippen molar-refractivity contribution in [3.63, 3.8) is 0 Å². The lowest BCUT2D eigenvalue weighted by molar-refractivity contribution is 0.316. The molecule has 60 valence electrons. The monoisotopic (exact) mass is 152 g/mol. The van der Waals surface area contributed by atoms with E-state index in [1.54, 1.807) is 12.2 Å². The first-order valence-corrected chi connectivity index (χ1v) is 3.65. The van der Waals surface area contributed by atoms with Gasteiger partial charge in [0.25, 0.3) is 0 Å². The zero-order chi connectivity index (χ0) is 8.27. The van der Waals surface area contributed by atoms with Crippen LogP contribution < -0.4 is 0 Å². The average Bonchev–Trinajstić information content (AvgIpc) is 1.98. The fourth-order valence-electron chi connectivity index (χ4n) is 1.10. The molecule has 1 aliphatic rings. The summed E-state index contributed by atoms with van der Waals surface area (Å²) in [4.78, 5) is 0. The molecule has 2 nitrogen and oxygen atoms in total. The highest BCUT2D eigenvalue weighted by Gasteiger charge is 2.09. The number of hydrogen-bond donors (Lipinski definition) is 2. The van der Waals surface area contributed by atoms with Crippen LogP contribution in [-0.4, -0.2) is 10.2 Å². The fraction of sp³-hybridized carbons (Fsp3) is 0.333. The molecule has 0 aromatic carbocycles. The third kappa shape index (κ3) is 1.87. The van der Waals surface area contributed by atoms with Crippen molar-refractivity contribution in [2.45, 2.75) is 19.3 Å². The van der Waals surface area contributed by atoms with Crippen molar-refractivity contribution in [2.24, 2.45) is 0 Å². The highest BCUT2D eigenvalue weighted by atomic mass is 16.3. The van der Waals surface area contributed by atoms with Crippen molar-refractivity contribution in [3.05, 3.63) is 35.8 Å². The predicted octanol–water partition coefficient (Wildman–Crippen LogP) is 2.61. The minimum absolute atomic E-state index is 0.00750. The Morgan fingerprint density at radius 3 is 2.73 bits per heavy atom. The van der Waals surface area contributed by atoms with Gasteiger partial charge in [-0.15, -0.1) is 6.58 Å². The van der Waals surface area contributed by atoms with Crippen LogP contribution in [0.4, 0.5) is 0 Å². The zero-order valence-electron chi connectivity index (χ0n) is 6.38. The van der Waals surface area contributed by atoms with Gasteiger partial charge in [0, 0.05) is 6.42 Å². The van der Waals surface area contributed by atoms with E-state index in [4.69, 9.17) is 10.2 Å². The van der Waals surface area contributed by atoms with Crippen molar-refractivity contribution in [1.29, 1.82) is 0 Å². The predicted molar refractivity (Wildman–Crippen MR) is 44.4 cm³/mol. The van der Waals surface area contributed by atoms with E-state index in [9.17, 15) is 0 Å². The molecule has 11 heavy (non-hydrogen) atoms. The lowest BCUT2D eigenvalue weighted by Crippen LogP contribution is -1.97. The van der Waals surface area contributed by atoms with E-state index in [1.807, 2.05) is 0 Å². The number of hydrogen-bond acceptors (Lipinski definition) is 2. The minimum Gasteiger partial charge on any atom is -0.508 e. The molecule has 0 bridgehead atoms. The van der Waals surface area contributed by atoms with E-state index in [0.29, 0.717) is 6.42 Å². The van der Waals surface area contributed by atoms with Crippen LogP contribution in [0, 0.1) is 0 Å². The maximum atomic E-state index is 9.09. The molecule has 0 saturated carbocycles. The normalized spacial score (nSPS) is 18.0. The van der Waals surface area contributed by atoms with E-state index in [2.05, 4.69) is 6.58 Å². The van der Waals surface area contributed by atoms with Crippen LogP contribution in [0.1, 0.15) is 19.3 Å². The fourth-order valence-corrected chi connectivity index (χ4v) is 1.10. The standard InChI is InChI=1S/C9H12O2/c1-2-3-7-4-5-8(10)9(11)6-7/h2,6,10-11H,1,3-5H2. The molecule has 0 unspecified atom stereocenters. The van der Waals surface area contributed by atoms with E-state index in [0.717, 1.165) is 18.4 Å². The first-order valence-electron chi connectivity index (χ1n) is 3.65. The maximum absolute atomic E-state index is 9.09. The first-order chi connectivity index (χ1) is 5.24. The van der Waals surface area contributed by atoms with Gasteiger partial charge >= 0.3 is 0 Å². The Labute approximate surface area is 66.2 Å². The number of aliphatic hydroxyl groups excluding tert-OH is 2. The lowest BCUT2D eigenvalue weighted by Gasteiger charge is -2.11. The molecule has 2 N–H and O–H groups in total. The summed E-state index contributed by atoms with van der Waals surface area (Å²) >= 11 is 0. The Morgan fingerprint density at radius 2 is 2.18 bits per heavy atom. The second-order valence-electron chi connectivity index (χ2n) is 2.63. The second-order valence-corrected chi connectivity index (χ2v) is 2.63. The van der Waals surface area contributed by atoms with Crippen LogP contribution in [0.25, 0.3) is 0 Å². The molecule has 0 amide bonds. The summed E-state index contributed by atoms with van der Waals surface area (Å²) in [6.07, 6.45) is 5.56. The van der Waals surface area contributed by atoms with Gasteiger partial charge in [0.2, 0.25) is 0 Å². The Bertz CT molecular complexity index is 224. The van der Waals surface area contributed by atoms with Gasteiger partial charge in [-0.25, -0.2) is 0 Å². The van der Waals surface area contributed by atoms with Crippen molar-refractivity contribution < 1.29 is 10.2 Å². The lowest BCUT2D eigenvalue weighted by atomic mass is 10.00. The van der Waals surface area contributed by atoms with Crippen molar-refractivity contribution in [2.75, 3.05) is 0 Å². The number of aliphatic hydroxyl groups is 2. The summed E-state index contributed by atoms with van der Waals surface area (Å²) in [6, 6.07) is 0. The van der Waals surface area contributed by atoms with Crippen LogP contribution in [-0.2, 0) is 0 Å². The highest BCUT2D eigenvalue weighted by molar-refractivity contribution is 5.26. The van der Waals surface area contributed by atoms with Crippen LogP contribution in [0.3, 0.4) is 0 Å². The summed E-state index contributed by atoms with van der Waals surface area (Å²) in [5, 5.41) is 18.1. The Hall–Kier alpha value is -1.18. The van der Waals surface area contributed by atoms with Gasteiger partial charge in [0.05, 0.1) is 0 Å². The molecular weight excluding hydrogens is 140 g/mol. The molecular formula is C9H12O2. The number of rotatable bonds is 2. The third-order valence-corrected chi connectivity index (χ3v) is 1.73. The Kier molecular flexibility index (Phi) is 2.36. The van der Waals surface area contributed by atoms with Crippen molar-refractivity contribution >= 4 is 0 Å². The van der Waals surface area contributed by atoms with E-state index >= 15 is 0 Å². The van der Waals surface area contributed by atoms with Gasteiger partial charge in [-0.3, -0.25) is 0 Å². The highest BCUT2D eigenvalue weighted by Crippen LogP contribution is 2.22. The molecule has 1 aliphatic carbocycles. The smallest absolute Gasteiger partial charge is 0.152 e. The summed E-state index contributed by atoms with van der Waals surface area (Å²) in [5.41, 5.74) is 1.12. The molecule has 0 atom stereocenters. The van der Waals surface area contributed by atoms with E-state index in [-0.39, 0.29) is 11.5 Å². The molecule has 0 spiro atoms. The maximum Gasteiger partial charge on any atom is 0.152 e. The van der Waals surface area contributed by atoms with E-state index < -0.39 is 0 Å². The van der Waals surface area contributed by atoms with Gasteiger partial charge in [-0.1, -0.05) is 11.6 Å². The number of allylic oxidation sites excluding steroid dienone is 4. The van der Waals surface area contributed by atoms with Crippen molar-refractivity contribution in [3.8, 4) is 0 Å². The SMILES string of the molecule is C=CCC1=CC(O)=C(O)CC1. The van der Waals surface area contributed by atoms with Gasteiger partial charge in [-0.2, -0.15) is 0 Å². The van der Waals surface area contributed by atoms with Crippen LogP contribution in [0.5, 0.6) is 0 Å². The largest absolute Gasteiger partial charge is 0.508 e. The average molecular weight is 152 g/mol. The summed E-state index contributed by atoms with van der Waals surface area (Å²) in [7, 11) is 0. The molecule has 0 aliphatic heterocycles. The summed E-state index contributed by atoms with van der Waals surface area (Å²) in [5.74, 6) is 0.103. The van der Waals surface area contributed by atoms with Crippen LogP contribution in [0.2, 0.25) is 0 Å². The van der Waals surface area contributed by atoms with Crippen molar-refractivity contribution in [1.82, 2.24) is 0 Å². The molecule has 0 saturated heterocycles. The Balaban J connectivity index is 2.72. The Morgan fingerprint density at radius 1 is 1.45 bits per heavy atom. The van der Waals surface area contributed by atoms with Crippen LogP contribution >= 0.6 is 0 Å². The van der Waals surface area contributed by atoms with Gasteiger partial charge in [-0.05, 0) is 18.9 Å². The van der Waals surface area contributed by atoms with Gasteiger partial charge in [0.1, 0.15) is 5.76 Å². The quantitative estimate of drug-likeness (QED) is 0.597.